The summed E-state index contributed by atoms with van der Waals surface area (Å²) in [5.41, 5.74) is 4.36. The molecule has 5 heteroatoms. The number of para-hydroxylation sites is 1. The number of hydrogen-bond acceptors (Lipinski definition) is 4. The third-order valence-corrected chi connectivity index (χ3v) is 12.3. The van der Waals surface area contributed by atoms with Crippen LogP contribution in [-0.4, -0.2) is 19.5 Å². The molecule has 62 heavy (non-hydrogen) atoms. The van der Waals surface area contributed by atoms with E-state index in [1.165, 1.54) is 30.3 Å². The van der Waals surface area contributed by atoms with Crippen molar-refractivity contribution in [2.45, 2.75) is 0 Å². The van der Waals surface area contributed by atoms with Crippen LogP contribution in [0.3, 0.4) is 0 Å². The first kappa shape index (κ1) is 27.0. The summed E-state index contributed by atoms with van der Waals surface area (Å²) in [5.74, 6) is 1.32. The number of thiophene rings is 1. The second kappa shape index (κ2) is 14.9. The fourth-order valence-corrected chi connectivity index (χ4v) is 9.49. The molecule has 3 aromatic heterocycles. The van der Waals surface area contributed by atoms with Gasteiger partial charge < -0.3 is 4.57 Å². The lowest BCUT2D eigenvalue weighted by atomic mass is 9.94. The Hall–Kier alpha value is -7.99. The molecule has 0 aliphatic heterocycles. The van der Waals surface area contributed by atoms with Gasteiger partial charge in [-0.1, -0.05) is 176 Å². The summed E-state index contributed by atoms with van der Waals surface area (Å²) in [6.07, 6.45) is 0. The van der Waals surface area contributed by atoms with Gasteiger partial charge >= 0.3 is 0 Å². The van der Waals surface area contributed by atoms with Gasteiger partial charge in [0.25, 0.3) is 0 Å². The number of rotatable bonds is 7. The second-order valence-corrected chi connectivity index (χ2v) is 15.8. The predicted octanol–water partition coefficient (Wildman–Crippen LogP) is 15.3. The molecule has 9 aromatic carbocycles. The van der Waals surface area contributed by atoms with E-state index in [-0.39, 0.29) is 99.1 Å². The third-order valence-electron chi connectivity index (χ3n) is 11.1. The Balaban J connectivity index is 1.26. The molecule has 0 spiro atoms. The summed E-state index contributed by atoms with van der Waals surface area (Å²) < 4.78 is 96.0. The first-order valence-corrected chi connectivity index (χ1v) is 20.8. The van der Waals surface area contributed by atoms with E-state index >= 15 is 0 Å². The maximum absolute atomic E-state index is 10.3. The van der Waals surface area contributed by atoms with Gasteiger partial charge in [0.15, 0.2) is 17.5 Å². The molecular formula is C57H36N4S. The van der Waals surface area contributed by atoms with Crippen molar-refractivity contribution in [2.24, 2.45) is 0 Å². The molecule has 3 heterocycles. The highest BCUT2D eigenvalue weighted by Gasteiger charge is 2.23. The van der Waals surface area contributed by atoms with Crippen LogP contribution in [0, 0.1) is 0 Å². The molecule has 290 valence electrons. The Morgan fingerprint density at radius 3 is 1.76 bits per heavy atom. The first-order chi connectivity index (χ1) is 34.8. The molecule has 0 N–H and O–H groups in total. The van der Waals surface area contributed by atoms with Crippen LogP contribution >= 0.6 is 11.3 Å². The summed E-state index contributed by atoms with van der Waals surface area (Å²) in [5, 5.41) is 2.61. The maximum atomic E-state index is 10.3. The molecule has 0 fully saturated rings. The minimum atomic E-state index is -0.350. The molecule has 0 unspecified atom stereocenters. The zero-order valence-corrected chi connectivity index (χ0v) is 33.5. The highest BCUT2D eigenvalue weighted by molar-refractivity contribution is 7.26. The lowest BCUT2D eigenvalue weighted by Crippen LogP contribution is -2.02. The molecule has 0 bridgehead atoms. The molecule has 0 radical (unpaired) electrons. The Bertz CT molecular complexity index is 4130. The van der Waals surface area contributed by atoms with Gasteiger partial charge in [-0.3, -0.25) is 0 Å². The Morgan fingerprint density at radius 1 is 0.403 bits per heavy atom. The van der Waals surface area contributed by atoms with Crippen LogP contribution in [0.1, 0.15) is 13.7 Å². The van der Waals surface area contributed by atoms with Crippen molar-refractivity contribution >= 4 is 53.3 Å². The van der Waals surface area contributed by atoms with Gasteiger partial charge in [-0.15, -0.1) is 11.3 Å². The van der Waals surface area contributed by atoms with E-state index in [9.17, 15) is 6.85 Å². The largest absolute Gasteiger partial charge is 0.309 e. The quantitative estimate of drug-likeness (QED) is 0.161. The minimum absolute atomic E-state index is 0.0184. The SMILES string of the molecule is [2H]c1cc([2H])c(-c2c([2H])c(-c3c([2H])cc([2H])cc3[2H])c3c4cc([2H])cc([2H])c4n(-c4ccc(-c5nc(-c6ccccc6)nc(-c6ccccc6)n5)cc4-c4cccc5c4sc4ccccc45)c3c2[2H])c([2H])c1. The number of fused-ring (bicyclic) bond motifs is 6. The summed E-state index contributed by atoms with van der Waals surface area (Å²) >= 11 is 1.63. The fraction of sp³-hybridized carbons (Fsp3) is 0. The zero-order chi connectivity index (χ0) is 49.7. The first-order valence-electron chi connectivity index (χ1n) is 25.0. The smallest absolute Gasteiger partial charge is 0.164 e. The Morgan fingerprint density at radius 2 is 1.03 bits per heavy atom. The summed E-state index contributed by atoms with van der Waals surface area (Å²) in [6, 6.07) is 45.5. The van der Waals surface area contributed by atoms with Crippen LogP contribution in [0.25, 0.3) is 115 Å². The lowest BCUT2D eigenvalue weighted by molar-refractivity contribution is 1.07. The van der Waals surface area contributed by atoms with Crippen molar-refractivity contribution < 1.29 is 13.7 Å². The molecule has 0 aliphatic carbocycles. The molecule has 12 aromatic rings. The van der Waals surface area contributed by atoms with E-state index in [0.29, 0.717) is 39.7 Å². The third kappa shape index (κ3) is 6.09. The number of aromatic nitrogens is 4. The van der Waals surface area contributed by atoms with Crippen LogP contribution in [0.4, 0.5) is 0 Å². The van der Waals surface area contributed by atoms with Crippen molar-refractivity contribution in [3.05, 3.63) is 218 Å². The molecule has 0 saturated carbocycles. The molecule has 0 amide bonds. The van der Waals surface area contributed by atoms with Gasteiger partial charge in [-0.2, -0.15) is 0 Å². The van der Waals surface area contributed by atoms with Gasteiger partial charge in [0.2, 0.25) is 0 Å². The summed E-state index contributed by atoms with van der Waals surface area (Å²) in [6.45, 7) is 0. The number of nitrogens with zero attached hydrogens (tertiary/aromatic N) is 4. The van der Waals surface area contributed by atoms with Gasteiger partial charge in [0.1, 0.15) is 0 Å². The molecule has 0 aliphatic rings. The monoisotopic (exact) mass is 818 g/mol. The predicted molar refractivity (Wildman–Crippen MR) is 260 cm³/mol. The Labute approximate surface area is 376 Å². The molecular weight excluding hydrogens is 773 g/mol. The molecule has 12 rings (SSSR count). The van der Waals surface area contributed by atoms with Gasteiger partial charge in [-0.05, 0) is 64.6 Å². The van der Waals surface area contributed by atoms with Crippen LogP contribution in [0.2, 0.25) is 0 Å². The average molecular weight is 819 g/mol. The highest BCUT2D eigenvalue weighted by Crippen LogP contribution is 2.46. The summed E-state index contributed by atoms with van der Waals surface area (Å²) in [4.78, 5) is 15.1. The summed E-state index contributed by atoms with van der Waals surface area (Å²) in [7, 11) is 0. The average Bonchev–Trinajstić information content (AvgIpc) is 3.92. The lowest BCUT2D eigenvalue weighted by Gasteiger charge is -2.17. The van der Waals surface area contributed by atoms with Crippen molar-refractivity contribution in [1.82, 2.24) is 19.5 Å². The fourth-order valence-electron chi connectivity index (χ4n) is 8.26. The van der Waals surface area contributed by atoms with E-state index in [1.807, 2.05) is 103 Å². The number of benzene rings is 9. The van der Waals surface area contributed by atoms with E-state index in [2.05, 4.69) is 18.2 Å². The van der Waals surface area contributed by atoms with Crippen molar-refractivity contribution in [3.8, 4) is 73.2 Å². The van der Waals surface area contributed by atoms with Gasteiger partial charge in [0.05, 0.1) is 30.4 Å². The minimum Gasteiger partial charge on any atom is -0.309 e. The van der Waals surface area contributed by atoms with Crippen molar-refractivity contribution in [2.75, 3.05) is 0 Å². The molecule has 4 nitrogen and oxygen atoms in total. The van der Waals surface area contributed by atoms with Crippen LogP contribution < -0.4 is 0 Å². The van der Waals surface area contributed by atoms with Crippen LogP contribution in [0.15, 0.2) is 218 Å². The maximum Gasteiger partial charge on any atom is 0.164 e. The standard InChI is InChI=1S/C57H36N4S/c1-5-18-37(19-6-1)42-35-47(38-20-7-2-8-21-38)53-46-27-13-15-30-49(46)61(51(53)36-42)50-33-32-41(34-48(50)45-29-17-28-44-43-26-14-16-31-52(43)62-54(44)45)57-59-55(39-22-9-3-10-23-39)58-56(60-57)40-24-11-4-12-25-40/h1-36H/i1D,2D,13D,18D,19D,20D,21D,30D,35D,36D. The van der Waals surface area contributed by atoms with Gasteiger partial charge in [0, 0.05) is 58.8 Å². The number of hydrogen-bond donors (Lipinski definition) is 0. The zero-order valence-electron chi connectivity index (χ0n) is 42.7. The molecule has 0 saturated heterocycles. The van der Waals surface area contributed by atoms with Gasteiger partial charge in [-0.25, -0.2) is 15.0 Å². The van der Waals surface area contributed by atoms with E-state index in [1.54, 1.807) is 22.0 Å². The van der Waals surface area contributed by atoms with E-state index in [4.69, 9.17) is 21.8 Å². The van der Waals surface area contributed by atoms with E-state index in [0.717, 1.165) is 36.9 Å². The highest BCUT2D eigenvalue weighted by atomic mass is 32.1. The molecule has 0 atom stereocenters. The van der Waals surface area contributed by atoms with Crippen molar-refractivity contribution in [1.29, 1.82) is 0 Å². The normalized spacial score (nSPS) is 13.8. The van der Waals surface area contributed by atoms with Crippen LogP contribution in [-0.2, 0) is 0 Å². The topological polar surface area (TPSA) is 43.6 Å². The second-order valence-electron chi connectivity index (χ2n) is 14.7. The van der Waals surface area contributed by atoms with Crippen LogP contribution in [0.5, 0.6) is 0 Å². The Kier molecular flexibility index (Phi) is 6.49. The van der Waals surface area contributed by atoms with E-state index < -0.39 is 0 Å². The van der Waals surface area contributed by atoms with Crippen molar-refractivity contribution in [3.63, 3.8) is 0 Å².